The number of hydrogen-bond acceptors (Lipinski definition) is 4. The summed E-state index contributed by atoms with van der Waals surface area (Å²) in [5, 5.41) is 0. The maximum absolute atomic E-state index is 5.80. The molecule has 1 aliphatic rings. The van der Waals surface area contributed by atoms with Gasteiger partial charge in [-0.15, -0.1) is 11.3 Å². The molecule has 110 valence electrons. The molecule has 22 heavy (non-hydrogen) atoms. The van der Waals surface area contributed by atoms with Crippen LogP contribution >= 0.6 is 11.3 Å². The number of nitrogens with two attached hydrogens (primary N) is 1. The van der Waals surface area contributed by atoms with Crippen molar-refractivity contribution in [1.82, 2.24) is 4.98 Å². The van der Waals surface area contributed by atoms with Crippen LogP contribution in [0.4, 0.5) is 0 Å². The molecule has 0 amide bonds. The third kappa shape index (κ3) is 2.30. The van der Waals surface area contributed by atoms with Gasteiger partial charge in [0.25, 0.3) is 0 Å². The Morgan fingerprint density at radius 2 is 2.05 bits per heavy atom. The molecule has 0 unspecified atom stereocenters. The largest absolute Gasteiger partial charge is 0.491 e. The predicted octanol–water partition coefficient (Wildman–Crippen LogP) is 3.87. The van der Waals surface area contributed by atoms with Gasteiger partial charge in [-0.3, -0.25) is 4.98 Å². The van der Waals surface area contributed by atoms with Gasteiger partial charge in [0, 0.05) is 24.0 Å². The molecule has 4 rings (SSSR count). The number of benzene rings is 1. The van der Waals surface area contributed by atoms with Crippen LogP contribution in [0.15, 0.2) is 48.7 Å². The lowest BCUT2D eigenvalue weighted by Crippen LogP contribution is -1.98. The zero-order valence-corrected chi connectivity index (χ0v) is 12.9. The second-order valence-corrected chi connectivity index (χ2v) is 6.37. The van der Waals surface area contributed by atoms with Gasteiger partial charge in [0.1, 0.15) is 11.4 Å². The minimum atomic E-state index is 0.579. The fraction of sp³-hybridized carbons (Fsp3) is 0.167. The van der Waals surface area contributed by atoms with Crippen molar-refractivity contribution in [3.05, 3.63) is 59.8 Å². The Hall–Kier alpha value is -2.17. The van der Waals surface area contributed by atoms with Crippen LogP contribution in [0.5, 0.6) is 5.75 Å². The quantitative estimate of drug-likeness (QED) is 0.782. The molecular weight excluding hydrogens is 292 g/mol. The highest BCUT2D eigenvalue weighted by atomic mass is 32.1. The number of hydrogen-bond donors (Lipinski definition) is 1. The Labute approximate surface area is 133 Å². The lowest BCUT2D eigenvalue weighted by molar-refractivity contribution is 0.325. The van der Waals surface area contributed by atoms with E-state index in [-0.39, 0.29) is 0 Å². The summed E-state index contributed by atoms with van der Waals surface area (Å²) >= 11 is 1.78. The van der Waals surface area contributed by atoms with E-state index in [9.17, 15) is 0 Å². The van der Waals surface area contributed by atoms with Gasteiger partial charge in [0.15, 0.2) is 0 Å². The molecule has 0 bridgehead atoms. The summed E-state index contributed by atoms with van der Waals surface area (Å²) in [7, 11) is 0. The standard InChI is InChI=1S/C18H16N2OS/c19-11-12-3-5-13(6-4-12)16-10-14-7-9-21-15-2-1-8-20-17(15)18(14)22-16/h1-6,8,10H,7,9,11,19H2. The van der Waals surface area contributed by atoms with E-state index in [4.69, 9.17) is 10.5 Å². The Bertz CT molecular complexity index is 808. The van der Waals surface area contributed by atoms with E-state index >= 15 is 0 Å². The molecule has 1 aromatic carbocycles. The number of rotatable bonds is 2. The topological polar surface area (TPSA) is 48.1 Å². The maximum atomic E-state index is 5.80. The zero-order valence-electron chi connectivity index (χ0n) is 12.1. The van der Waals surface area contributed by atoms with Crippen molar-refractivity contribution in [1.29, 1.82) is 0 Å². The van der Waals surface area contributed by atoms with Gasteiger partial charge in [-0.1, -0.05) is 24.3 Å². The van der Waals surface area contributed by atoms with Gasteiger partial charge in [-0.05, 0) is 34.9 Å². The molecule has 0 atom stereocenters. The molecule has 3 heterocycles. The number of thiophene rings is 1. The molecule has 0 aliphatic carbocycles. The molecule has 0 saturated carbocycles. The first kappa shape index (κ1) is 13.5. The van der Waals surface area contributed by atoms with E-state index in [1.807, 2.05) is 18.3 Å². The zero-order chi connectivity index (χ0) is 14.9. The average molecular weight is 308 g/mol. The van der Waals surface area contributed by atoms with Crippen LogP contribution in [0, 0.1) is 0 Å². The highest BCUT2D eigenvalue weighted by Gasteiger charge is 2.20. The number of pyridine rings is 1. The molecule has 3 nitrogen and oxygen atoms in total. The van der Waals surface area contributed by atoms with Crippen molar-refractivity contribution in [3.63, 3.8) is 0 Å². The number of ether oxygens (including phenoxy) is 1. The minimum absolute atomic E-state index is 0.579. The lowest BCUT2D eigenvalue weighted by atomic mass is 10.1. The van der Waals surface area contributed by atoms with Crippen LogP contribution in [-0.4, -0.2) is 11.6 Å². The van der Waals surface area contributed by atoms with E-state index in [2.05, 4.69) is 35.3 Å². The van der Waals surface area contributed by atoms with Crippen LogP contribution in [0.25, 0.3) is 21.0 Å². The molecule has 0 saturated heterocycles. The summed E-state index contributed by atoms with van der Waals surface area (Å²) in [6.07, 6.45) is 2.75. The van der Waals surface area contributed by atoms with Gasteiger partial charge in [0.05, 0.1) is 11.5 Å². The Morgan fingerprint density at radius 1 is 1.18 bits per heavy atom. The number of aromatic nitrogens is 1. The fourth-order valence-corrected chi connectivity index (χ4v) is 3.93. The third-order valence-electron chi connectivity index (χ3n) is 3.90. The van der Waals surface area contributed by atoms with Crippen LogP contribution in [0.2, 0.25) is 0 Å². The Kier molecular flexibility index (Phi) is 3.41. The van der Waals surface area contributed by atoms with Gasteiger partial charge in [-0.25, -0.2) is 0 Å². The lowest BCUT2D eigenvalue weighted by Gasteiger charge is -2.05. The summed E-state index contributed by atoms with van der Waals surface area (Å²) < 4.78 is 5.80. The van der Waals surface area contributed by atoms with Crippen molar-refractivity contribution in [2.75, 3.05) is 6.61 Å². The number of nitrogens with zero attached hydrogens (tertiary/aromatic N) is 1. The summed E-state index contributed by atoms with van der Waals surface area (Å²) in [4.78, 5) is 7.02. The summed E-state index contributed by atoms with van der Waals surface area (Å²) in [6.45, 7) is 1.28. The maximum Gasteiger partial charge on any atom is 0.146 e. The molecule has 0 spiro atoms. The highest BCUT2D eigenvalue weighted by Crippen LogP contribution is 2.42. The van der Waals surface area contributed by atoms with Crippen molar-refractivity contribution in [2.24, 2.45) is 5.73 Å². The molecular formula is C18H16N2OS. The fourth-order valence-electron chi connectivity index (χ4n) is 2.71. The van der Waals surface area contributed by atoms with Crippen LogP contribution in [-0.2, 0) is 13.0 Å². The summed E-state index contributed by atoms with van der Waals surface area (Å²) in [5.41, 5.74) is 10.3. The van der Waals surface area contributed by atoms with Crippen LogP contribution in [0.3, 0.4) is 0 Å². The van der Waals surface area contributed by atoms with E-state index in [0.717, 1.165) is 23.4 Å². The normalized spacial score (nSPS) is 13.0. The van der Waals surface area contributed by atoms with Crippen LogP contribution in [0.1, 0.15) is 11.1 Å². The summed E-state index contributed by atoms with van der Waals surface area (Å²) in [5.74, 6) is 0.883. The molecule has 2 aromatic heterocycles. The first-order chi connectivity index (χ1) is 10.8. The molecule has 0 fully saturated rings. The molecule has 1 aliphatic heterocycles. The first-order valence-electron chi connectivity index (χ1n) is 7.35. The monoisotopic (exact) mass is 308 g/mol. The van der Waals surface area contributed by atoms with Crippen molar-refractivity contribution in [3.8, 4) is 26.8 Å². The van der Waals surface area contributed by atoms with Crippen molar-refractivity contribution < 1.29 is 4.74 Å². The van der Waals surface area contributed by atoms with Gasteiger partial charge >= 0.3 is 0 Å². The predicted molar refractivity (Wildman–Crippen MR) is 90.1 cm³/mol. The minimum Gasteiger partial charge on any atom is -0.491 e. The van der Waals surface area contributed by atoms with Crippen LogP contribution < -0.4 is 10.5 Å². The Morgan fingerprint density at radius 3 is 2.86 bits per heavy atom. The van der Waals surface area contributed by atoms with E-state index in [1.54, 1.807) is 11.3 Å². The van der Waals surface area contributed by atoms with Crippen molar-refractivity contribution in [2.45, 2.75) is 13.0 Å². The van der Waals surface area contributed by atoms with Gasteiger partial charge in [0.2, 0.25) is 0 Å². The van der Waals surface area contributed by atoms with Gasteiger partial charge in [-0.2, -0.15) is 0 Å². The van der Waals surface area contributed by atoms with E-state index in [0.29, 0.717) is 13.2 Å². The average Bonchev–Trinajstić information content (AvgIpc) is 2.92. The third-order valence-corrected chi connectivity index (χ3v) is 5.13. The second kappa shape index (κ2) is 5.55. The first-order valence-corrected chi connectivity index (χ1v) is 8.17. The molecule has 3 aromatic rings. The molecule has 4 heteroatoms. The summed E-state index contributed by atoms with van der Waals surface area (Å²) in [6, 6.07) is 14.7. The second-order valence-electron chi connectivity index (χ2n) is 5.31. The number of fused-ring (bicyclic) bond motifs is 3. The van der Waals surface area contributed by atoms with Crippen molar-refractivity contribution >= 4 is 11.3 Å². The van der Waals surface area contributed by atoms with E-state index < -0.39 is 0 Å². The Balaban J connectivity index is 1.80. The smallest absolute Gasteiger partial charge is 0.146 e. The highest BCUT2D eigenvalue weighted by molar-refractivity contribution is 7.19. The molecule has 2 N–H and O–H groups in total. The molecule has 0 radical (unpaired) electrons. The SMILES string of the molecule is NCc1ccc(-c2cc3c(s2)-c2ncccc2OCC3)cc1. The van der Waals surface area contributed by atoms with E-state index in [1.165, 1.54) is 20.9 Å². The van der Waals surface area contributed by atoms with Gasteiger partial charge < -0.3 is 10.5 Å².